The summed E-state index contributed by atoms with van der Waals surface area (Å²) in [4.78, 5) is 14.6. The van der Waals surface area contributed by atoms with Gasteiger partial charge in [0.2, 0.25) is 0 Å². The number of rotatable bonds is 4. The molecule has 9 aromatic rings. The van der Waals surface area contributed by atoms with Crippen molar-refractivity contribution in [3.05, 3.63) is 199 Å². The molecule has 0 atom stereocenters. The van der Waals surface area contributed by atoms with E-state index in [2.05, 4.69) is 157 Å². The number of hydrogen-bond acceptors (Lipinski definition) is 3. The van der Waals surface area contributed by atoms with Crippen molar-refractivity contribution in [1.29, 1.82) is 0 Å². The van der Waals surface area contributed by atoms with Gasteiger partial charge in [0.1, 0.15) is 0 Å². The second kappa shape index (κ2) is 10.8. The molecule has 0 radical (unpaired) electrons. The minimum absolute atomic E-state index is 0.575. The quantitative estimate of drug-likeness (QED) is 0.183. The van der Waals surface area contributed by atoms with E-state index in [1.54, 1.807) is 0 Å². The standard InChI is InChI=1S/C46H29N3/c1-3-11-35(12-4-1)46(36-13-5-2-6-14-36)40-16-8-7-15-38(40)42-39(41-24-21-32-19-18-31-10-9-26-48-44(31)45(32)49-41)23-22-37(43(42)46)33-20-17-30-25-27-47-29-34(30)28-33/h1-29H. The zero-order valence-corrected chi connectivity index (χ0v) is 26.6. The fourth-order valence-electron chi connectivity index (χ4n) is 8.16. The third-order valence-electron chi connectivity index (χ3n) is 10.3. The van der Waals surface area contributed by atoms with E-state index < -0.39 is 5.41 Å². The van der Waals surface area contributed by atoms with Crippen LogP contribution in [-0.4, -0.2) is 15.0 Å². The van der Waals surface area contributed by atoms with Crippen LogP contribution in [0.3, 0.4) is 0 Å². The van der Waals surface area contributed by atoms with Crippen molar-refractivity contribution in [3.8, 4) is 33.5 Å². The van der Waals surface area contributed by atoms with Gasteiger partial charge < -0.3 is 0 Å². The zero-order valence-electron chi connectivity index (χ0n) is 26.6. The van der Waals surface area contributed by atoms with E-state index in [0.717, 1.165) is 44.0 Å². The summed E-state index contributed by atoms with van der Waals surface area (Å²) >= 11 is 0. The van der Waals surface area contributed by atoms with Crippen LogP contribution in [0.4, 0.5) is 0 Å². The Bertz CT molecular complexity index is 2680. The molecule has 3 heteroatoms. The van der Waals surface area contributed by atoms with E-state index in [1.807, 2.05) is 24.7 Å². The molecule has 49 heavy (non-hydrogen) atoms. The maximum Gasteiger partial charge on any atom is 0.0972 e. The summed E-state index contributed by atoms with van der Waals surface area (Å²) in [6, 6.07) is 57.1. The third kappa shape index (κ3) is 4.06. The van der Waals surface area contributed by atoms with E-state index in [-0.39, 0.29) is 0 Å². The molecule has 1 aliphatic carbocycles. The maximum absolute atomic E-state index is 5.39. The molecule has 0 saturated heterocycles. The van der Waals surface area contributed by atoms with Crippen molar-refractivity contribution in [2.24, 2.45) is 0 Å². The van der Waals surface area contributed by atoms with E-state index in [1.165, 1.54) is 44.3 Å². The van der Waals surface area contributed by atoms with Crippen LogP contribution in [0.5, 0.6) is 0 Å². The van der Waals surface area contributed by atoms with Crippen molar-refractivity contribution in [2.75, 3.05) is 0 Å². The summed E-state index contributed by atoms with van der Waals surface area (Å²) in [6.45, 7) is 0. The minimum atomic E-state index is -0.575. The lowest BCUT2D eigenvalue weighted by atomic mass is 9.66. The van der Waals surface area contributed by atoms with Crippen LogP contribution < -0.4 is 0 Å². The number of pyridine rings is 3. The normalized spacial score (nSPS) is 13.1. The first-order valence-corrected chi connectivity index (χ1v) is 16.7. The number of aromatic nitrogens is 3. The molecule has 0 unspecified atom stereocenters. The predicted molar refractivity (Wildman–Crippen MR) is 201 cm³/mol. The van der Waals surface area contributed by atoms with Gasteiger partial charge in [-0.15, -0.1) is 0 Å². The van der Waals surface area contributed by atoms with E-state index >= 15 is 0 Å². The molecule has 0 N–H and O–H groups in total. The summed E-state index contributed by atoms with van der Waals surface area (Å²) in [5, 5.41) is 4.46. The Kier molecular flexibility index (Phi) is 6.09. The van der Waals surface area contributed by atoms with Gasteiger partial charge in [-0.1, -0.05) is 133 Å². The highest BCUT2D eigenvalue weighted by Crippen LogP contribution is 2.60. The lowest BCUT2D eigenvalue weighted by Crippen LogP contribution is -2.29. The molecule has 6 aromatic carbocycles. The van der Waals surface area contributed by atoms with E-state index in [4.69, 9.17) is 9.97 Å². The first-order chi connectivity index (χ1) is 24.3. The molecule has 0 fully saturated rings. The number of fused-ring (bicyclic) bond motifs is 7. The Labute approximate surface area is 284 Å². The summed E-state index contributed by atoms with van der Waals surface area (Å²) in [5.41, 5.74) is 13.1. The van der Waals surface area contributed by atoms with Crippen molar-refractivity contribution in [2.45, 2.75) is 5.41 Å². The minimum Gasteiger partial charge on any atom is -0.264 e. The highest BCUT2D eigenvalue weighted by Gasteiger charge is 2.48. The predicted octanol–water partition coefficient (Wildman–Crippen LogP) is 11.0. The van der Waals surface area contributed by atoms with Crippen molar-refractivity contribution < 1.29 is 0 Å². The summed E-state index contributed by atoms with van der Waals surface area (Å²) < 4.78 is 0. The molecule has 228 valence electrons. The largest absolute Gasteiger partial charge is 0.264 e. The molecule has 10 rings (SSSR count). The topological polar surface area (TPSA) is 38.7 Å². The van der Waals surface area contributed by atoms with Crippen LogP contribution in [0.15, 0.2) is 176 Å². The molecule has 0 aliphatic heterocycles. The first kappa shape index (κ1) is 27.6. The van der Waals surface area contributed by atoms with E-state index in [0.29, 0.717) is 0 Å². The van der Waals surface area contributed by atoms with Crippen LogP contribution in [0.1, 0.15) is 22.3 Å². The average Bonchev–Trinajstić information content (AvgIpc) is 3.50. The lowest BCUT2D eigenvalue weighted by molar-refractivity contribution is 0.770. The smallest absolute Gasteiger partial charge is 0.0972 e. The Morgan fingerprint density at radius 2 is 1.14 bits per heavy atom. The van der Waals surface area contributed by atoms with Crippen molar-refractivity contribution in [3.63, 3.8) is 0 Å². The summed E-state index contributed by atoms with van der Waals surface area (Å²) in [5.74, 6) is 0. The van der Waals surface area contributed by atoms with Crippen LogP contribution in [0, 0.1) is 0 Å². The van der Waals surface area contributed by atoms with Crippen molar-refractivity contribution >= 4 is 32.6 Å². The molecule has 3 aromatic heterocycles. The van der Waals surface area contributed by atoms with Gasteiger partial charge in [0.05, 0.1) is 22.1 Å². The van der Waals surface area contributed by atoms with Gasteiger partial charge in [-0.05, 0) is 74.2 Å². The Balaban J connectivity index is 1.37. The van der Waals surface area contributed by atoms with Gasteiger partial charge in [-0.25, -0.2) is 4.98 Å². The molecule has 0 saturated carbocycles. The first-order valence-electron chi connectivity index (χ1n) is 16.7. The maximum atomic E-state index is 5.39. The Hall–Kier alpha value is -6.45. The molecular formula is C46H29N3. The van der Waals surface area contributed by atoms with Gasteiger partial charge in [-0.3, -0.25) is 9.97 Å². The fraction of sp³-hybridized carbons (Fsp3) is 0.0217. The molecule has 3 nitrogen and oxygen atoms in total. The van der Waals surface area contributed by atoms with Crippen LogP contribution in [-0.2, 0) is 5.41 Å². The highest BCUT2D eigenvalue weighted by atomic mass is 14.8. The summed E-state index contributed by atoms with van der Waals surface area (Å²) in [7, 11) is 0. The Morgan fingerprint density at radius 3 is 1.96 bits per heavy atom. The fourth-order valence-corrected chi connectivity index (χ4v) is 8.16. The van der Waals surface area contributed by atoms with Gasteiger partial charge in [-0.2, -0.15) is 0 Å². The van der Waals surface area contributed by atoms with Crippen molar-refractivity contribution in [1.82, 2.24) is 15.0 Å². The number of benzene rings is 6. The Morgan fingerprint density at radius 1 is 0.449 bits per heavy atom. The lowest BCUT2D eigenvalue weighted by Gasteiger charge is -2.35. The van der Waals surface area contributed by atoms with Gasteiger partial charge in [0, 0.05) is 40.3 Å². The molecule has 0 spiro atoms. The zero-order chi connectivity index (χ0) is 32.4. The molecule has 3 heterocycles. The summed E-state index contributed by atoms with van der Waals surface area (Å²) in [6.07, 6.45) is 5.67. The highest BCUT2D eigenvalue weighted by molar-refractivity contribution is 6.05. The van der Waals surface area contributed by atoms with E-state index in [9.17, 15) is 0 Å². The van der Waals surface area contributed by atoms with Gasteiger partial charge in [0.25, 0.3) is 0 Å². The van der Waals surface area contributed by atoms with Crippen LogP contribution >= 0.6 is 0 Å². The van der Waals surface area contributed by atoms with Crippen LogP contribution in [0.2, 0.25) is 0 Å². The molecule has 0 amide bonds. The number of hydrogen-bond donors (Lipinski definition) is 0. The molecule has 0 bridgehead atoms. The number of nitrogens with zero attached hydrogens (tertiary/aromatic N) is 3. The van der Waals surface area contributed by atoms with Gasteiger partial charge >= 0.3 is 0 Å². The monoisotopic (exact) mass is 623 g/mol. The molecule has 1 aliphatic rings. The molecular weight excluding hydrogens is 595 g/mol. The average molecular weight is 624 g/mol. The second-order valence-corrected chi connectivity index (χ2v) is 12.8. The van der Waals surface area contributed by atoms with Gasteiger partial charge in [0.15, 0.2) is 0 Å². The SMILES string of the molecule is c1ccc(C2(c3ccccc3)c3ccccc3-c3c(-c4ccc5ccc6cccnc6c5n4)ccc(-c4ccc5ccncc5c4)c32)cc1. The van der Waals surface area contributed by atoms with Crippen LogP contribution in [0.25, 0.3) is 66.1 Å². The third-order valence-corrected chi connectivity index (χ3v) is 10.3. The second-order valence-electron chi connectivity index (χ2n) is 12.8.